The highest BCUT2D eigenvalue weighted by Gasteiger charge is 2.01. The van der Waals surface area contributed by atoms with E-state index in [4.69, 9.17) is 4.74 Å². The van der Waals surface area contributed by atoms with Crippen LogP contribution in [0.3, 0.4) is 0 Å². The van der Waals surface area contributed by atoms with Gasteiger partial charge in [0.25, 0.3) is 0 Å². The highest BCUT2D eigenvalue weighted by Crippen LogP contribution is 2.16. The molecule has 96 valence electrons. The molecular weight excluding hydrogens is 224 g/mol. The third-order valence-electron chi connectivity index (χ3n) is 2.88. The van der Waals surface area contributed by atoms with Gasteiger partial charge in [-0.3, -0.25) is 0 Å². The molecule has 3 heteroatoms. The molecule has 1 heterocycles. The van der Waals surface area contributed by atoms with Crippen LogP contribution in [0.5, 0.6) is 0 Å². The number of hydrogen-bond acceptors (Lipinski definition) is 2. The van der Waals surface area contributed by atoms with Crippen LogP contribution < -0.4 is 5.32 Å². The van der Waals surface area contributed by atoms with Gasteiger partial charge in [0.15, 0.2) is 0 Å². The van der Waals surface area contributed by atoms with E-state index in [0.717, 1.165) is 32.7 Å². The number of benzene rings is 1. The molecule has 2 N–H and O–H groups in total. The summed E-state index contributed by atoms with van der Waals surface area (Å²) in [7, 11) is 0. The summed E-state index contributed by atoms with van der Waals surface area (Å²) in [5.74, 6) is 0. The van der Waals surface area contributed by atoms with Gasteiger partial charge in [-0.25, -0.2) is 0 Å². The lowest BCUT2D eigenvalue weighted by atomic mass is 10.2. The number of hydrogen-bond donors (Lipinski definition) is 2. The molecule has 0 aliphatic rings. The smallest absolute Gasteiger partial charge is 0.0591 e. The van der Waals surface area contributed by atoms with E-state index < -0.39 is 0 Å². The summed E-state index contributed by atoms with van der Waals surface area (Å²) in [6, 6.07) is 8.35. The molecule has 3 nitrogen and oxygen atoms in total. The second-order valence-corrected chi connectivity index (χ2v) is 4.23. The summed E-state index contributed by atoms with van der Waals surface area (Å²) in [5.41, 5.74) is 2.49. The highest BCUT2D eigenvalue weighted by molar-refractivity contribution is 5.82. The van der Waals surface area contributed by atoms with Gasteiger partial charge in [0.2, 0.25) is 0 Å². The zero-order chi connectivity index (χ0) is 12.6. The first-order chi connectivity index (χ1) is 8.92. The maximum Gasteiger partial charge on any atom is 0.0591 e. The fourth-order valence-corrected chi connectivity index (χ4v) is 1.91. The van der Waals surface area contributed by atoms with E-state index in [1.165, 1.54) is 16.5 Å². The van der Waals surface area contributed by atoms with E-state index in [-0.39, 0.29) is 0 Å². The molecule has 0 saturated carbocycles. The zero-order valence-electron chi connectivity index (χ0n) is 10.6. The van der Waals surface area contributed by atoms with Gasteiger partial charge in [-0.15, -0.1) is 6.58 Å². The molecule has 0 aliphatic carbocycles. The van der Waals surface area contributed by atoms with Gasteiger partial charge in [-0.2, -0.15) is 0 Å². The Morgan fingerprint density at radius 1 is 1.28 bits per heavy atom. The molecule has 0 radical (unpaired) electrons. The SMILES string of the molecule is C=CCCOCCNCc1c[nH]c2ccccc12. The number of aromatic nitrogens is 1. The van der Waals surface area contributed by atoms with Gasteiger partial charge >= 0.3 is 0 Å². The summed E-state index contributed by atoms with van der Waals surface area (Å²) in [5, 5.41) is 4.68. The Balaban J connectivity index is 1.72. The van der Waals surface area contributed by atoms with Crippen molar-refractivity contribution < 1.29 is 4.74 Å². The second kappa shape index (κ2) is 6.99. The van der Waals surface area contributed by atoms with Crippen molar-refractivity contribution in [2.24, 2.45) is 0 Å². The fraction of sp³-hybridized carbons (Fsp3) is 0.333. The molecule has 0 amide bonds. The summed E-state index contributed by atoms with van der Waals surface area (Å²) >= 11 is 0. The first-order valence-corrected chi connectivity index (χ1v) is 6.36. The van der Waals surface area contributed by atoms with Gasteiger partial charge in [0, 0.05) is 30.2 Å². The van der Waals surface area contributed by atoms with Crippen molar-refractivity contribution in [1.29, 1.82) is 0 Å². The van der Waals surface area contributed by atoms with Crippen molar-refractivity contribution in [2.75, 3.05) is 19.8 Å². The van der Waals surface area contributed by atoms with Gasteiger partial charge in [-0.05, 0) is 18.1 Å². The molecule has 0 bridgehead atoms. The first kappa shape index (κ1) is 12.9. The number of fused-ring (bicyclic) bond motifs is 1. The van der Waals surface area contributed by atoms with Crippen LogP contribution >= 0.6 is 0 Å². The Kier molecular flexibility index (Phi) is 5.00. The predicted octanol–water partition coefficient (Wildman–Crippen LogP) is 2.85. The molecule has 2 aromatic rings. The van der Waals surface area contributed by atoms with Gasteiger partial charge in [0.1, 0.15) is 0 Å². The standard InChI is InChI=1S/C15H20N2O/c1-2-3-9-18-10-8-16-11-13-12-17-15-7-5-4-6-14(13)15/h2,4-7,12,16-17H,1,3,8-11H2. The maximum atomic E-state index is 5.44. The highest BCUT2D eigenvalue weighted by atomic mass is 16.5. The molecule has 0 unspecified atom stereocenters. The summed E-state index contributed by atoms with van der Waals surface area (Å²) < 4.78 is 5.44. The van der Waals surface area contributed by atoms with Gasteiger partial charge in [-0.1, -0.05) is 24.3 Å². The molecule has 0 saturated heterocycles. The van der Waals surface area contributed by atoms with Crippen molar-refractivity contribution in [1.82, 2.24) is 10.3 Å². The molecule has 1 aromatic carbocycles. The molecule has 0 spiro atoms. The summed E-state index contributed by atoms with van der Waals surface area (Å²) in [4.78, 5) is 3.27. The van der Waals surface area contributed by atoms with Crippen LogP contribution in [0.15, 0.2) is 43.1 Å². The van der Waals surface area contributed by atoms with Crippen LogP contribution in [-0.4, -0.2) is 24.7 Å². The second-order valence-electron chi connectivity index (χ2n) is 4.23. The molecular formula is C15H20N2O. The van der Waals surface area contributed by atoms with Crippen molar-refractivity contribution in [3.05, 3.63) is 48.7 Å². The van der Waals surface area contributed by atoms with Crippen LogP contribution in [0.1, 0.15) is 12.0 Å². The first-order valence-electron chi connectivity index (χ1n) is 6.36. The average Bonchev–Trinajstić information content (AvgIpc) is 2.81. The van der Waals surface area contributed by atoms with Crippen molar-refractivity contribution in [3.63, 3.8) is 0 Å². The lowest BCUT2D eigenvalue weighted by Gasteiger charge is -2.04. The quantitative estimate of drug-likeness (QED) is 0.553. The van der Waals surface area contributed by atoms with Gasteiger partial charge in [0.05, 0.1) is 13.2 Å². The Hall–Kier alpha value is -1.58. The van der Waals surface area contributed by atoms with Crippen LogP contribution in [0.4, 0.5) is 0 Å². The summed E-state index contributed by atoms with van der Waals surface area (Å²) in [6.07, 6.45) is 4.86. The van der Waals surface area contributed by atoms with Crippen LogP contribution in [0.25, 0.3) is 10.9 Å². The van der Waals surface area contributed by atoms with Crippen molar-refractivity contribution >= 4 is 10.9 Å². The number of para-hydroxylation sites is 1. The minimum atomic E-state index is 0.746. The molecule has 0 atom stereocenters. The minimum absolute atomic E-state index is 0.746. The van der Waals surface area contributed by atoms with Crippen molar-refractivity contribution in [3.8, 4) is 0 Å². The van der Waals surface area contributed by atoms with Crippen LogP contribution in [0.2, 0.25) is 0 Å². The zero-order valence-corrected chi connectivity index (χ0v) is 10.6. The lowest BCUT2D eigenvalue weighted by Crippen LogP contribution is -2.19. The molecule has 1 aromatic heterocycles. The van der Waals surface area contributed by atoms with E-state index in [0.29, 0.717) is 0 Å². The number of ether oxygens (including phenoxy) is 1. The third-order valence-corrected chi connectivity index (χ3v) is 2.88. The monoisotopic (exact) mass is 244 g/mol. The van der Waals surface area contributed by atoms with E-state index in [1.807, 2.05) is 12.1 Å². The van der Waals surface area contributed by atoms with Gasteiger partial charge < -0.3 is 15.0 Å². The molecule has 2 rings (SSSR count). The van der Waals surface area contributed by atoms with Crippen LogP contribution in [0, 0.1) is 0 Å². The van der Waals surface area contributed by atoms with Crippen molar-refractivity contribution in [2.45, 2.75) is 13.0 Å². The number of rotatable bonds is 8. The summed E-state index contributed by atoms with van der Waals surface area (Å²) in [6.45, 7) is 6.91. The minimum Gasteiger partial charge on any atom is -0.380 e. The largest absolute Gasteiger partial charge is 0.380 e. The van der Waals surface area contributed by atoms with E-state index in [9.17, 15) is 0 Å². The van der Waals surface area contributed by atoms with E-state index >= 15 is 0 Å². The Morgan fingerprint density at radius 3 is 3.06 bits per heavy atom. The van der Waals surface area contributed by atoms with E-state index in [2.05, 4.69) is 41.3 Å². The topological polar surface area (TPSA) is 37.0 Å². The predicted molar refractivity (Wildman–Crippen MR) is 75.6 cm³/mol. The van der Waals surface area contributed by atoms with E-state index in [1.54, 1.807) is 0 Å². The third kappa shape index (κ3) is 3.45. The normalized spacial score (nSPS) is 10.9. The molecule has 0 fully saturated rings. The Labute approximate surface area is 108 Å². The number of nitrogens with one attached hydrogen (secondary N) is 2. The average molecular weight is 244 g/mol. The lowest BCUT2D eigenvalue weighted by molar-refractivity contribution is 0.140. The Bertz CT molecular complexity index is 490. The Morgan fingerprint density at radius 2 is 2.17 bits per heavy atom. The molecule has 18 heavy (non-hydrogen) atoms. The fourth-order valence-electron chi connectivity index (χ4n) is 1.91. The number of aromatic amines is 1. The van der Waals surface area contributed by atoms with Crippen LogP contribution in [-0.2, 0) is 11.3 Å². The molecule has 0 aliphatic heterocycles. The maximum absolute atomic E-state index is 5.44. The number of H-pyrrole nitrogens is 1.